The minimum atomic E-state index is -0.968. The van der Waals surface area contributed by atoms with E-state index >= 15 is 0 Å². The average molecular weight is 406 g/mol. The maximum absolute atomic E-state index is 13.5. The van der Waals surface area contributed by atoms with Crippen LogP contribution < -0.4 is 10.9 Å². The third-order valence-corrected chi connectivity index (χ3v) is 4.64. The van der Waals surface area contributed by atoms with E-state index in [2.05, 4.69) is 15.3 Å². The molecule has 0 fully saturated rings. The summed E-state index contributed by atoms with van der Waals surface area (Å²) in [7, 11) is 0. The van der Waals surface area contributed by atoms with E-state index in [1.165, 1.54) is 23.0 Å². The molecule has 0 unspecified atom stereocenters. The van der Waals surface area contributed by atoms with Crippen molar-refractivity contribution in [2.24, 2.45) is 0 Å². The van der Waals surface area contributed by atoms with Crippen LogP contribution in [0.1, 0.15) is 21.5 Å². The predicted octanol–water partition coefficient (Wildman–Crippen LogP) is 3.05. The fraction of sp³-hybridized carbons (Fsp3) is 0.0909. The third kappa shape index (κ3) is 4.07. The number of fused-ring (bicyclic) bond motifs is 1. The quantitative estimate of drug-likeness (QED) is 0.553. The van der Waals surface area contributed by atoms with Crippen molar-refractivity contribution in [3.05, 3.63) is 106 Å². The van der Waals surface area contributed by atoms with Gasteiger partial charge in [0.1, 0.15) is 6.33 Å². The number of carbonyl (C=O) groups excluding carboxylic acids is 1. The van der Waals surface area contributed by atoms with E-state index < -0.39 is 11.6 Å². The van der Waals surface area contributed by atoms with Crippen LogP contribution in [0.25, 0.3) is 10.8 Å². The first-order valence-corrected chi connectivity index (χ1v) is 9.10. The Labute approximate surface area is 169 Å². The van der Waals surface area contributed by atoms with Crippen LogP contribution in [0.15, 0.2) is 72.2 Å². The molecule has 0 aliphatic carbocycles. The van der Waals surface area contributed by atoms with Gasteiger partial charge in [0.25, 0.3) is 11.5 Å². The molecule has 0 atom stereocenters. The number of rotatable bonds is 5. The molecule has 4 rings (SSSR count). The highest BCUT2D eigenvalue weighted by molar-refractivity contribution is 5.98. The number of benzene rings is 2. The number of nitrogens with zero attached hydrogens (tertiary/aromatic N) is 3. The molecule has 8 heteroatoms. The van der Waals surface area contributed by atoms with E-state index in [1.54, 1.807) is 36.8 Å². The van der Waals surface area contributed by atoms with Gasteiger partial charge in [-0.15, -0.1) is 0 Å². The summed E-state index contributed by atoms with van der Waals surface area (Å²) in [6.45, 7) is 0.337. The van der Waals surface area contributed by atoms with Crippen molar-refractivity contribution in [2.75, 3.05) is 0 Å². The maximum atomic E-state index is 13.5. The molecule has 30 heavy (non-hydrogen) atoms. The van der Waals surface area contributed by atoms with Gasteiger partial charge in [0.05, 0.1) is 6.54 Å². The molecule has 0 aliphatic rings. The minimum absolute atomic E-state index is 0.0798. The molecule has 2 aromatic carbocycles. The molecule has 0 spiro atoms. The predicted molar refractivity (Wildman–Crippen MR) is 107 cm³/mol. The third-order valence-electron chi connectivity index (χ3n) is 4.64. The standard InChI is InChI=1S/C22H16F2N4O2/c23-19-4-1-14(7-20(19)24)12-28-6-5-16-2-3-17(8-18(16)22(28)30)21(29)27-11-15-9-25-13-26-10-15/h1-10,13H,11-12H2,(H,27,29). The van der Waals surface area contributed by atoms with Crippen LogP contribution in [0.5, 0.6) is 0 Å². The Bertz CT molecular complexity index is 1290. The number of nitrogens with one attached hydrogen (secondary N) is 1. The normalized spacial score (nSPS) is 10.9. The molecule has 2 aromatic heterocycles. The SMILES string of the molecule is O=C(NCc1cncnc1)c1ccc2ccn(Cc3ccc(F)c(F)c3)c(=O)c2c1. The van der Waals surface area contributed by atoms with E-state index in [0.29, 0.717) is 21.9 Å². The van der Waals surface area contributed by atoms with E-state index in [9.17, 15) is 18.4 Å². The summed E-state index contributed by atoms with van der Waals surface area (Å²) in [6.07, 6.45) is 6.19. The number of hydrogen-bond donors (Lipinski definition) is 1. The first kappa shape index (κ1) is 19.4. The van der Waals surface area contributed by atoms with Gasteiger partial charge in [0, 0.05) is 41.6 Å². The lowest BCUT2D eigenvalue weighted by Crippen LogP contribution is -2.24. The Morgan fingerprint density at radius 1 is 0.967 bits per heavy atom. The average Bonchev–Trinajstić information content (AvgIpc) is 2.77. The molecule has 0 radical (unpaired) electrons. The maximum Gasteiger partial charge on any atom is 0.258 e. The van der Waals surface area contributed by atoms with E-state index in [-0.39, 0.29) is 24.6 Å². The molecule has 0 aliphatic heterocycles. The smallest absolute Gasteiger partial charge is 0.258 e. The van der Waals surface area contributed by atoms with Crippen LogP contribution in [-0.4, -0.2) is 20.4 Å². The zero-order chi connectivity index (χ0) is 21.1. The van der Waals surface area contributed by atoms with Crippen molar-refractivity contribution in [1.29, 1.82) is 0 Å². The van der Waals surface area contributed by atoms with Gasteiger partial charge < -0.3 is 9.88 Å². The lowest BCUT2D eigenvalue weighted by Gasteiger charge is -2.09. The molecule has 6 nitrogen and oxygen atoms in total. The van der Waals surface area contributed by atoms with Crippen LogP contribution >= 0.6 is 0 Å². The highest BCUT2D eigenvalue weighted by Crippen LogP contribution is 2.14. The summed E-state index contributed by atoms with van der Waals surface area (Å²) in [6, 6.07) is 10.1. The van der Waals surface area contributed by atoms with E-state index in [4.69, 9.17) is 0 Å². The summed E-state index contributed by atoms with van der Waals surface area (Å²) in [5, 5.41) is 3.79. The number of pyridine rings is 1. The Morgan fingerprint density at radius 2 is 1.77 bits per heavy atom. The summed E-state index contributed by atoms with van der Waals surface area (Å²) in [4.78, 5) is 33.1. The van der Waals surface area contributed by atoms with Crippen LogP contribution in [0, 0.1) is 11.6 Å². The molecular formula is C22H16F2N4O2. The van der Waals surface area contributed by atoms with Gasteiger partial charge in [-0.25, -0.2) is 18.7 Å². The molecule has 1 amide bonds. The molecule has 0 saturated heterocycles. The van der Waals surface area contributed by atoms with Gasteiger partial charge >= 0.3 is 0 Å². The summed E-state index contributed by atoms with van der Waals surface area (Å²) >= 11 is 0. The number of carbonyl (C=O) groups is 1. The molecule has 4 aromatic rings. The first-order valence-electron chi connectivity index (χ1n) is 9.10. The van der Waals surface area contributed by atoms with Gasteiger partial charge in [0.15, 0.2) is 11.6 Å². The van der Waals surface area contributed by atoms with Crippen LogP contribution in [-0.2, 0) is 13.1 Å². The first-order chi connectivity index (χ1) is 14.5. The summed E-state index contributed by atoms with van der Waals surface area (Å²) in [5.41, 5.74) is 1.21. The fourth-order valence-electron chi connectivity index (χ4n) is 3.09. The van der Waals surface area contributed by atoms with Crippen molar-refractivity contribution in [3.63, 3.8) is 0 Å². The van der Waals surface area contributed by atoms with Crippen LogP contribution in [0.2, 0.25) is 0 Å². The topological polar surface area (TPSA) is 76.9 Å². The molecule has 2 heterocycles. The van der Waals surface area contributed by atoms with Crippen LogP contribution in [0.3, 0.4) is 0 Å². The van der Waals surface area contributed by atoms with Gasteiger partial charge in [-0.05, 0) is 41.3 Å². The summed E-state index contributed by atoms with van der Waals surface area (Å²) in [5.74, 6) is -2.25. The van der Waals surface area contributed by atoms with Gasteiger partial charge in [-0.3, -0.25) is 9.59 Å². The highest BCUT2D eigenvalue weighted by atomic mass is 19.2. The number of halogens is 2. The minimum Gasteiger partial charge on any atom is -0.348 e. The Balaban J connectivity index is 1.59. The molecule has 1 N–H and O–H groups in total. The van der Waals surface area contributed by atoms with Crippen LogP contribution in [0.4, 0.5) is 8.78 Å². The van der Waals surface area contributed by atoms with Crippen molar-refractivity contribution in [3.8, 4) is 0 Å². The lowest BCUT2D eigenvalue weighted by atomic mass is 10.1. The molecular weight excluding hydrogens is 390 g/mol. The Kier molecular flexibility index (Phi) is 5.30. The fourth-order valence-corrected chi connectivity index (χ4v) is 3.09. The molecule has 150 valence electrons. The van der Waals surface area contributed by atoms with Crippen molar-refractivity contribution in [2.45, 2.75) is 13.1 Å². The number of hydrogen-bond acceptors (Lipinski definition) is 4. The lowest BCUT2D eigenvalue weighted by molar-refractivity contribution is 0.0951. The second-order valence-corrected chi connectivity index (χ2v) is 6.73. The van der Waals surface area contributed by atoms with E-state index in [1.807, 2.05) is 0 Å². The zero-order valence-corrected chi connectivity index (χ0v) is 15.7. The van der Waals surface area contributed by atoms with Gasteiger partial charge in [0.2, 0.25) is 0 Å². The number of amides is 1. The monoisotopic (exact) mass is 406 g/mol. The van der Waals surface area contributed by atoms with Crippen molar-refractivity contribution >= 4 is 16.7 Å². The second-order valence-electron chi connectivity index (χ2n) is 6.73. The zero-order valence-electron chi connectivity index (χ0n) is 15.7. The Hall–Kier alpha value is -3.94. The van der Waals surface area contributed by atoms with Crippen molar-refractivity contribution < 1.29 is 13.6 Å². The van der Waals surface area contributed by atoms with Gasteiger partial charge in [-0.2, -0.15) is 0 Å². The van der Waals surface area contributed by atoms with Crippen molar-refractivity contribution in [1.82, 2.24) is 19.9 Å². The molecule has 0 saturated carbocycles. The highest BCUT2D eigenvalue weighted by Gasteiger charge is 2.10. The van der Waals surface area contributed by atoms with E-state index in [0.717, 1.165) is 17.7 Å². The largest absolute Gasteiger partial charge is 0.348 e. The second kappa shape index (κ2) is 8.20. The van der Waals surface area contributed by atoms with Gasteiger partial charge in [-0.1, -0.05) is 12.1 Å². The number of aromatic nitrogens is 3. The molecule has 0 bridgehead atoms. The Morgan fingerprint density at radius 3 is 2.53 bits per heavy atom. The summed E-state index contributed by atoms with van der Waals surface area (Å²) < 4.78 is 28.0.